The van der Waals surface area contributed by atoms with E-state index in [4.69, 9.17) is 9.47 Å². The zero-order chi connectivity index (χ0) is 16.5. The fourth-order valence-electron chi connectivity index (χ4n) is 1.82. The summed E-state index contributed by atoms with van der Waals surface area (Å²) < 4.78 is 10.00. The summed E-state index contributed by atoms with van der Waals surface area (Å²) >= 11 is 0. The third kappa shape index (κ3) is 4.89. The third-order valence-corrected chi connectivity index (χ3v) is 2.84. The van der Waals surface area contributed by atoms with Crippen LogP contribution in [0.4, 0.5) is 17.5 Å². The third-order valence-electron chi connectivity index (χ3n) is 2.84. The number of benzene rings is 1. The Morgan fingerprint density at radius 1 is 1.30 bits per heavy atom. The Bertz CT molecular complexity index is 651. The summed E-state index contributed by atoms with van der Waals surface area (Å²) in [6.45, 7) is 3.23. The van der Waals surface area contributed by atoms with Crippen LogP contribution in [0.15, 0.2) is 30.5 Å². The molecule has 0 spiro atoms. The molecular weight excluding hydrogens is 298 g/mol. The monoisotopic (exact) mass is 317 g/mol. The Hall–Kier alpha value is -2.74. The molecule has 8 heteroatoms. The molecule has 0 fully saturated rings. The highest BCUT2D eigenvalue weighted by Crippen LogP contribution is 2.19. The van der Waals surface area contributed by atoms with Crippen molar-refractivity contribution in [2.24, 2.45) is 0 Å². The fraction of sp³-hybridized carbons (Fsp3) is 0.333. The SMILES string of the molecule is CCOC(=O)c1ccccc1Nc1nncc(NCCOC)n1. The molecule has 1 aromatic heterocycles. The molecule has 122 valence electrons. The van der Waals surface area contributed by atoms with Crippen LogP contribution in [0.3, 0.4) is 0 Å². The second-order valence-electron chi connectivity index (χ2n) is 4.48. The van der Waals surface area contributed by atoms with Crippen molar-refractivity contribution in [3.63, 3.8) is 0 Å². The lowest BCUT2D eigenvalue weighted by Crippen LogP contribution is -2.12. The average Bonchev–Trinajstić information content (AvgIpc) is 2.56. The number of carbonyl (C=O) groups is 1. The van der Waals surface area contributed by atoms with Crippen molar-refractivity contribution in [3.8, 4) is 0 Å². The van der Waals surface area contributed by atoms with Crippen LogP contribution in [0.5, 0.6) is 0 Å². The molecular formula is C15H19N5O3. The number of nitrogens with zero attached hydrogens (tertiary/aromatic N) is 3. The lowest BCUT2D eigenvalue weighted by Gasteiger charge is -2.10. The van der Waals surface area contributed by atoms with Gasteiger partial charge in [0.15, 0.2) is 5.82 Å². The first-order valence-electron chi connectivity index (χ1n) is 7.20. The highest BCUT2D eigenvalue weighted by molar-refractivity contribution is 5.96. The molecule has 0 aliphatic rings. The number of aromatic nitrogens is 3. The Labute approximate surface area is 134 Å². The quantitative estimate of drug-likeness (QED) is 0.562. The van der Waals surface area contributed by atoms with Gasteiger partial charge in [-0.1, -0.05) is 12.1 Å². The number of hydrogen-bond donors (Lipinski definition) is 2. The number of hydrogen-bond acceptors (Lipinski definition) is 8. The van der Waals surface area contributed by atoms with Gasteiger partial charge >= 0.3 is 5.97 Å². The van der Waals surface area contributed by atoms with E-state index in [0.717, 1.165) is 0 Å². The van der Waals surface area contributed by atoms with Crippen LogP contribution in [0.2, 0.25) is 0 Å². The van der Waals surface area contributed by atoms with E-state index in [9.17, 15) is 4.79 Å². The summed E-state index contributed by atoms with van der Waals surface area (Å²) in [5, 5.41) is 13.8. The molecule has 0 saturated heterocycles. The Morgan fingerprint density at radius 2 is 2.13 bits per heavy atom. The first-order valence-corrected chi connectivity index (χ1v) is 7.20. The van der Waals surface area contributed by atoms with Gasteiger partial charge in [-0.2, -0.15) is 10.1 Å². The van der Waals surface area contributed by atoms with Gasteiger partial charge in [-0.3, -0.25) is 0 Å². The van der Waals surface area contributed by atoms with Crippen molar-refractivity contribution in [2.45, 2.75) is 6.92 Å². The Kier molecular flexibility index (Phi) is 6.25. The maximum absolute atomic E-state index is 12.0. The number of para-hydroxylation sites is 1. The summed E-state index contributed by atoms with van der Waals surface area (Å²) in [5.74, 6) is 0.440. The van der Waals surface area contributed by atoms with Gasteiger partial charge in [0.25, 0.3) is 0 Å². The fourth-order valence-corrected chi connectivity index (χ4v) is 1.82. The normalized spacial score (nSPS) is 10.2. The number of ether oxygens (including phenoxy) is 2. The molecule has 0 aliphatic heterocycles. The van der Waals surface area contributed by atoms with E-state index in [0.29, 0.717) is 36.8 Å². The number of methoxy groups -OCH3 is 1. The van der Waals surface area contributed by atoms with Crippen LogP contribution >= 0.6 is 0 Å². The number of nitrogens with one attached hydrogen (secondary N) is 2. The van der Waals surface area contributed by atoms with Gasteiger partial charge in [0.1, 0.15) is 0 Å². The standard InChI is InChI=1S/C15H19N5O3/c1-3-23-14(21)11-6-4-5-7-12(11)18-15-19-13(10-17-20-15)16-8-9-22-2/h4-7,10H,3,8-9H2,1-2H3,(H2,16,18,19,20). The highest BCUT2D eigenvalue weighted by atomic mass is 16.5. The predicted molar refractivity (Wildman–Crippen MR) is 85.9 cm³/mol. The molecule has 2 rings (SSSR count). The second-order valence-corrected chi connectivity index (χ2v) is 4.48. The van der Waals surface area contributed by atoms with Gasteiger partial charge in [0.05, 0.1) is 30.7 Å². The summed E-state index contributed by atoms with van der Waals surface area (Å²) in [4.78, 5) is 16.2. The molecule has 2 aromatic rings. The molecule has 8 nitrogen and oxygen atoms in total. The maximum Gasteiger partial charge on any atom is 0.340 e. The smallest absolute Gasteiger partial charge is 0.340 e. The van der Waals surface area contributed by atoms with Crippen LogP contribution in [0.1, 0.15) is 17.3 Å². The summed E-state index contributed by atoms with van der Waals surface area (Å²) in [7, 11) is 1.62. The van der Waals surface area contributed by atoms with Crippen LogP contribution in [-0.2, 0) is 9.47 Å². The highest BCUT2D eigenvalue weighted by Gasteiger charge is 2.13. The summed E-state index contributed by atoms with van der Waals surface area (Å²) in [6, 6.07) is 6.99. The van der Waals surface area contributed by atoms with Crippen molar-refractivity contribution in [3.05, 3.63) is 36.0 Å². The summed E-state index contributed by atoms with van der Waals surface area (Å²) in [5.41, 5.74) is 0.970. The van der Waals surface area contributed by atoms with Gasteiger partial charge in [-0.05, 0) is 19.1 Å². The minimum absolute atomic E-state index is 0.282. The molecule has 0 radical (unpaired) electrons. The minimum atomic E-state index is -0.405. The predicted octanol–water partition coefficient (Wildman–Crippen LogP) is 1.85. The minimum Gasteiger partial charge on any atom is -0.462 e. The van der Waals surface area contributed by atoms with Crippen LogP contribution in [-0.4, -0.2) is 48.0 Å². The second kappa shape index (κ2) is 8.64. The van der Waals surface area contributed by atoms with Crippen LogP contribution in [0, 0.1) is 0 Å². The van der Waals surface area contributed by atoms with Gasteiger partial charge in [-0.25, -0.2) is 4.79 Å². The van der Waals surface area contributed by atoms with E-state index in [1.807, 2.05) is 0 Å². The van der Waals surface area contributed by atoms with E-state index in [1.165, 1.54) is 6.20 Å². The first kappa shape index (κ1) is 16.6. The topological polar surface area (TPSA) is 98.3 Å². The van der Waals surface area contributed by atoms with Crippen LogP contribution < -0.4 is 10.6 Å². The molecule has 0 amide bonds. The van der Waals surface area contributed by atoms with Crippen molar-refractivity contribution in [1.82, 2.24) is 15.2 Å². The lowest BCUT2D eigenvalue weighted by molar-refractivity contribution is 0.0527. The molecule has 0 atom stereocenters. The van der Waals surface area contributed by atoms with Crippen molar-refractivity contribution < 1.29 is 14.3 Å². The molecule has 0 saturated carbocycles. The number of rotatable bonds is 8. The van der Waals surface area contributed by atoms with Gasteiger partial charge in [0, 0.05) is 13.7 Å². The van der Waals surface area contributed by atoms with Crippen molar-refractivity contribution in [2.75, 3.05) is 37.5 Å². The molecule has 1 aromatic carbocycles. The zero-order valence-corrected chi connectivity index (χ0v) is 13.1. The summed E-state index contributed by atoms with van der Waals surface area (Å²) in [6.07, 6.45) is 1.51. The van der Waals surface area contributed by atoms with E-state index in [2.05, 4.69) is 25.8 Å². The molecule has 1 heterocycles. The largest absolute Gasteiger partial charge is 0.462 e. The zero-order valence-electron chi connectivity index (χ0n) is 13.1. The van der Waals surface area contributed by atoms with E-state index >= 15 is 0 Å². The van der Waals surface area contributed by atoms with Gasteiger partial charge < -0.3 is 20.1 Å². The first-order chi connectivity index (χ1) is 11.2. The molecule has 23 heavy (non-hydrogen) atoms. The van der Waals surface area contributed by atoms with Gasteiger partial charge in [0.2, 0.25) is 5.95 Å². The van der Waals surface area contributed by atoms with E-state index < -0.39 is 5.97 Å². The van der Waals surface area contributed by atoms with E-state index in [1.54, 1.807) is 38.3 Å². The number of carbonyl (C=O) groups excluding carboxylic acids is 1. The van der Waals surface area contributed by atoms with Crippen molar-refractivity contribution in [1.29, 1.82) is 0 Å². The Morgan fingerprint density at radius 3 is 2.91 bits per heavy atom. The van der Waals surface area contributed by atoms with Crippen LogP contribution in [0.25, 0.3) is 0 Å². The van der Waals surface area contributed by atoms with E-state index in [-0.39, 0.29) is 5.95 Å². The molecule has 0 unspecified atom stereocenters. The maximum atomic E-state index is 12.0. The lowest BCUT2D eigenvalue weighted by atomic mass is 10.2. The van der Waals surface area contributed by atoms with Crippen molar-refractivity contribution >= 4 is 23.4 Å². The Balaban J connectivity index is 2.13. The molecule has 2 N–H and O–H groups in total. The van der Waals surface area contributed by atoms with Gasteiger partial charge in [-0.15, -0.1) is 5.10 Å². The molecule has 0 bridgehead atoms. The number of anilines is 3. The number of esters is 1. The molecule has 0 aliphatic carbocycles. The average molecular weight is 317 g/mol.